The maximum Gasteiger partial charge on any atom is 0.326 e. The standard InChI is InChI=1S/C11H21NO2/c1-8(2)7-9(3)14-10(13)11(12)5-4-6-11/h8-9H,4-7,12H2,1-3H3. The second kappa shape index (κ2) is 4.30. The summed E-state index contributed by atoms with van der Waals surface area (Å²) in [7, 11) is 0. The van der Waals surface area contributed by atoms with E-state index in [1.165, 1.54) is 0 Å². The van der Waals surface area contributed by atoms with Crippen molar-refractivity contribution >= 4 is 5.97 Å². The first kappa shape index (κ1) is 11.5. The Hall–Kier alpha value is -0.570. The molecule has 0 amide bonds. The summed E-state index contributed by atoms with van der Waals surface area (Å²) in [6.07, 6.45) is 3.50. The van der Waals surface area contributed by atoms with E-state index in [9.17, 15) is 4.79 Å². The van der Waals surface area contributed by atoms with Crippen molar-refractivity contribution in [1.29, 1.82) is 0 Å². The molecule has 0 aromatic carbocycles. The monoisotopic (exact) mass is 199 g/mol. The topological polar surface area (TPSA) is 52.3 Å². The average molecular weight is 199 g/mol. The largest absolute Gasteiger partial charge is 0.461 e. The zero-order chi connectivity index (χ0) is 10.8. The number of carbonyl (C=O) groups excluding carboxylic acids is 1. The summed E-state index contributed by atoms with van der Waals surface area (Å²) < 4.78 is 5.30. The van der Waals surface area contributed by atoms with Gasteiger partial charge in [0.2, 0.25) is 0 Å². The molecule has 0 saturated heterocycles. The summed E-state index contributed by atoms with van der Waals surface area (Å²) in [6, 6.07) is 0. The molecule has 1 aliphatic rings. The molecule has 0 radical (unpaired) electrons. The molecule has 0 aliphatic heterocycles. The van der Waals surface area contributed by atoms with Crippen molar-refractivity contribution in [1.82, 2.24) is 0 Å². The van der Waals surface area contributed by atoms with Crippen molar-refractivity contribution in [2.75, 3.05) is 0 Å². The van der Waals surface area contributed by atoms with E-state index in [-0.39, 0.29) is 12.1 Å². The summed E-state index contributed by atoms with van der Waals surface area (Å²) in [5.74, 6) is 0.338. The molecule has 3 nitrogen and oxygen atoms in total. The molecule has 1 unspecified atom stereocenters. The average Bonchev–Trinajstić information content (AvgIpc) is 1.97. The minimum Gasteiger partial charge on any atom is -0.461 e. The first-order valence-corrected chi connectivity index (χ1v) is 5.44. The fourth-order valence-corrected chi connectivity index (χ4v) is 1.77. The third kappa shape index (κ3) is 2.71. The van der Waals surface area contributed by atoms with Crippen LogP contribution in [-0.2, 0) is 9.53 Å². The van der Waals surface area contributed by atoms with E-state index < -0.39 is 5.54 Å². The van der Waals surface area contributed by atoms with Gasteiger partial charge in [-0.15, -0.1) is 0 Å². The molecule has 1 fully saturated rings. The highest BCUT2D eigenvalue weighted by Gasteiger charge is 2.42. The van der Waals surface area contributed by atoms with Crippen LogP contribution in [-0.4, -0.2) is 17.6 Å². The Bertz CT molecular complexity index is 209. The predicted octanol–water partition coefficient (Wildman–Crippen LogP) is 1.85. The molecule has 14 heavy (non-hydrogen) atoms. The number of nitrogens with two attached hydrogens (primary N) is 1. The van der Waals surface area contributed by atoms with Gasteiger partial charge in [-0.25, -0.2) is 0 Å². The van der Waals surface area contributed by atoms with Crippen molar-refractivity contribution in [2.45, 2.75) is 58.1 Å². The fraction of sp³-hybridized carbons (Fsp3) is 0.909. The molecule has 0 bridgehead atoms. The lowest BCUT2D eigenvalue weighted by Gasteiger charge is -2.36. The van der Waals surface area contributed by atoms with Gasteiger partial charge in [-0.1, -0.05) is 13.8 Å². The van der Waals surface area contributed by atoms with Crippen LogP contribution in [0.2, 0.25) is 0 Å². The van der Waals surface area contributed by atoms with Crippen molar-refractivity contribution < 1.29 is 9.53 Å². The van der Waals surface area contributed by atoms with Crippen molar-refractivity contribution in [3.05, 3.63) is 0 Å². The first-order chi connectivity index (χ1) is 6.44. The van der Waals surface area contributed by atoms with Gasteiger partial charge in [0.1, 0.15) is 5.54 Å². The summed E-state index contributed by atoms with van der Waals surface area (Å²) in [4.78, 5) is 11.6. The molecular formula is C11H21NO2. The number of rotatable bonds is 4. The Labute approximate surface area is 86.0 Å². The van der Waals surface area contributed by atoms with E-state index in [0.717, 1.165) is 25.7 Å². The Balaban J connectivity index is 2.32. The second-order valence-corrected chi connectivity index (χ2v) is 4.86. The van der Waals surface area contributed by atoms with Gasteiger partial charge in [0.05, 0.1) is 6.10 Å². The van der Waals surface area contributed by atoms with Gasteiger partial charge in [0.25, 0.3) is 0 Å². The van der Waals surface area contributed by atoms with Gasteiger partial charge in [-0.3, -0.25) is 4.79 Å². The number of ether oxygens (including phenoxy) is 1. The maximum absolute atomic E-state index is 11.6. The SMILES string of the molecule is CC(C)CC(C)OC(=O)C1(N)CCC1. The van der Waals surface area contributed by atoms with E-state index in [1.807, 2.05) is 6.92 Å². The Morgan fingerprint density at radius 2 is 2.00 bits per heavy atom. The third-order valence-corrected chi connectivity index (χ3v) is 2.76. The lowest BCUT2D eigenvalue weighted by atomic mass is 9.78. The second-order valence-electron chi connectivity index (χ2n) is 4.86. The van der Waals surface area contributed by atoms with Gasteiger partial charge in [-0.05, 0) is 38.5 Å². The normalized spacial score (nSPS) is 21.5. The first-order valence-electron chi connectivity index (χ1n) is 5.44. The van der Waals surface area contributed by atoms with Gasteiger partial charge >= 0.3 is 5.97 Å². The maximum atomic E-state index is 11.6. The van der Waals surface area contributed by atoms with Crippen LogP contribution in [0.25, 0.3) is 0 Å². The van der Waals surface area contributed by atoms with E-state index >= 15 is 0 Å². The molecule has 2 N–H and O–H groups in total. The lowest BCUT2D eigenvalue weighted by molar-refractivity contribution is -0.159. The Morgan fingerprint density at radius 3 is 2.36 bits per heavy atom. The molecule has 1 atom stereocenters. The molecule has 3 heteroatoms. The quantitative estimate of drug-likeness (QED) is 0.703. The Kier molecular flexibility index (Phi) is 3.53. The van der Waals surface area contributed by atoms with Gasteiger partial charge in [-0.2, -0.15) is 0 Å². The number of hydrogen-bond donors (Lipinski definition) is 1. The molecule has 1 aliphatic carbocycles. The molecule has 82 valence electrons. The van der Waals surface area contributed by atoms with Crippen LogP contribution in [0.3, 0.4) is 0 Å². The minimum atomic E-state index is -0.661. The molecule has 1 rings (SSSR count). The molecule has 0 aromatic rings. The number of esters is 1. The molecule has 0 heterocycles. The number of carbonyl (C=O) groups is 1. The van der Waals surface area contributed by atoms with E-state index in [1.54, 1.807) is 0 Å². The smallest absolute Gasteiger partial charge is 0.326 e. The van der Waals surface area contributed by atoms with Crippen LogP contribution in [0, 0.1) is 5.92 Å². The van der Waals surface area contributed by atoms with Gasteiger partial charge in [0.15, 0.2) is 0 Å². The summed E-state index contributed by atoms with van der Waals surface area (Å²) in [5.41, 5.74) is 5.19. The zero-order valence-corrected chi connectivity index (χ0v) is 9.38. The van der Waals surface area contributed by atoms with Crippen LogP contribution in [0.1, 0.15) is 46.5 Å². The molecule has 1 saturated carbocycles. The fourth-order valence-electron chi connectivity index (χ4n) is 1.77. The van der Waals surface area contributed by atoms with Crippen LogP contribution in [0.4, 0.5) is 0 Å². The lowest BCUT2D eigenvalue weighted by Crippen LogP contribution is -2.55. The summed E-state index contributed by atoms with van der Waals surface area (Å²) in [5, 5.41) is 0. The van der Waals surface area contributed by atoms with Crippen molar-refractivity contribution in [3.8, 4) is 0 Å². The van der Waals surface area contributed by atoms with E-state index in [2.05, 4.69) is 13.8 Å². The van der Waals surface area contributed by atoms with Gasteiger partial charge in [0, 0.05) is 0 Å². The molecular weight excluding hydrogens is 178 g/mol. The van der Waals surface area contributed by atoms with Crippen LogP contribution in [0.15, 0.2) is 0 Å². The van der Waals surface area contributed by atoms with E-state index in [4.69, 9.17) is 10.5 Å². The van der Waals surface area contributed by atoms with Crippen molar-refractivity contribution in [2.24, 2.45) is 11.7 Å². The Morgan fingerprint density at radius 1 is 1.43 bits per heavy atom. The highest BCUT2D eigenvalue weighted by Crippen LogP contribution is 2.30. The van der Waals surface area contributed by atoms with Crippen LogP contribution >= 0.6 is 0 Å². The summed E-state index contributed by atoms with van der Waals surface area (Å²) >= 11 is 0. The number of hydrogen-bond acceptors (Lipinski definition) is 3. The third-order valence-electron chi connectivity index (χ3n) is 2.76. The highest BCUT2D eigenvalue weighted by molar-refractivity contribution is 5.81. The van der Waals surface area contributed by atoms with Crippen LogP contribution < -0.4 is 5.73 Å². The summed E-state index contributed by atoms with van der Waals surface area (Å²) in [6.45, 7) is 6.16. The van der Waals surface area contributed by atoms with Crippen LogP contribution in [0.5, 0.6) is 0 Å². The zero-order valence-electron chi connectivity index (χ0n) is 9.38. The van der Waals surface area contributed by atoms with E-state index in [0.29, 0.717) is 5.92 Å². The highest BCUT2D eigenvalue weighted by atomic mass is 16.5. The molecule has 0 spiro atoms. The predicted molar refractivity (Wildman–Crippen MR) is 55.8 cm³/mol. The van der Waals surface area contributed by atoms with Crippen molar-refractivity contribution in [3.63, 3.8) is 0 Å². The van der Waals surface area contributed by atoms with Gasteiger partial charge < -0.3 is 10.5 Å². The minimum absolute atomic E-state index is 0.0106. The molecule has 0 aromatic heterocycles.